The Balaban J connectivity index is 1.63. The van der Waals surface area contributed by atoms with Crippen molar-refractivity contribution >= 4 is 5.78 Å². The Bertz CT molecular complexity index is 567. The Labute approximate surface area is 160 Å². The molecule has 2 nitrogen and oxygen atoms in total. The van der Waals surface area contributed by atoms with Crippen LogP contribution < -0.4 is 0 Å². The molecule has 0 bridgehead atoms. The van der Waals surface area contributed by atoms with E-state index in [1.165, 1.54) is 51.4 Å². The van der Waals surface area contributed by atoms with Gasteiger partial charge in [0.1, 0.15) is 5.78 Å². The van der Waals surface area contributed by atoms with Gasteiger partial charge in [0.05, 0.1) is 5.60 Å². The maximum absolute atomic E-state index is 12.4. The van der Waals surface area contributed by atoms with Crippen molar-refractivity contribution in [1.29, 1.82) is 0 Å². The minimum absolute atomic E-state index is 0.255. The number of fused-ring (bicyclic) bond motifs is 5. The fourth-order valence-electron chi connectivity index (χ4n) is 8.61. The molecule has 0 radical (unpaired) electrons. The van der Waals surface area contributed by atoms with Crippen LogP contribution in [0.5, 0.6) is 0 Å². The summed E-state index contributed by atoms with van der Waals surface area (Å²) in [4.78, 5) is 12.4. The molecule has 4 rings (SSSR count). The van der Waals surface area contributed by atoms with Crippen LogP contribution in [0.3, 0.4) is 0 Å². The summed E-state index contributed by atoms with van der Waals surface area (Å²) >= 11 is 0. The number of carbonyl (C=O) groups excluding carboxylic acids is 1. The minimum Gasteiger partial charge on any atom is -0.390 e. The normalized spacial score (nSPS) is 54.4. The van der Waals surface area contributed by atoms with Crippen LogP contribution in [0.15, 0.2) is 0 Å². The molecule has 2 heteroatoms. The van der Waals surface area contributed by atoms with E-state index in [-0.39, 0.29) is 5.41 Å². The first kappa shape index (κ1) is 19.0. The van der Waals surface area contributed by atoms with E-state index in [0.717, 1.165) is 37.0 Å². The first-order valence-electron chi connectivity index (χ1n) is 11.4. The van der Waals surface area contributed by atoms with Gasteiger partial charge in [0.25, 0.3) is 0 Å². The molecule has 6 unspecified atom stereocenters. The van der Waals surface area contributed by atoms with E-state index < -0.39 is 5.60 Å². The molecule has 0 heterocycles. The van der Waals surface area contributed by atoms with Crippen LogP contribution in [0.25, 0.3) is 0 Å². The lowest BCUT2D eigenvalue weighted by Crippen LogP contribution is -2.56. The third-order valence-corrected chi connectivity index (χ3v) is 9.91. The maximum Gasteiger partial charge on any atom is 0.133 e. The predicted octanol–water partition coefficient (Wildman–Crippen LogP) is 5.77. The topological polar surface area (TPSA) is 37.3 Å². The number of hydrogen-bond donors (Lipinski definition) is 1. The number of Topliss-reactive ketones (excluding diaryl/α,β-unsaturated/α-hetero) is 1. The van der Waals surface area contributed by atoms with Gasteiger partial charge in [-0.2, -0.15) is 0 Å². The molecule has 0 aromatic heterocycles. The molecule has 8 atom stereocenters. The van der Waals surface area contributed by atoms with Gasteiger partial charge in [-0.25, -0.2) is 0 Å². The zero-order chi connectivity index (χ0) is 18.7. The zero-order valence-electron chi connectivity index (χ0n) is 17.5. The molecule has 0 amide bonds. The van der Waals surface area contributed by atoms with Gasteiger partial charge in [-0.05, 0) is 106 Å². The highest BCUT2D eigenvalue weighted by Gasteiger charge is 2.59. The Hall–Kier alpha value is -0.370. The molecule has 4 saturated carbocycles. The molecule has 0 aromatic rings. The Kier molecular flexibility index (Phi) is 4.61. The van der Waals surface area contributed by atoms with Crippen LogP contribution in [0.2, 0.25) is 0 Å². The molecule has 0 aliphatic heterocycles. The fraction of sp³-hybridized carbons (Fsp3) is 0.958. The SMILES string of the molecule is CC(=O)[C@H]1CCCC2C3CCC4CC(C)(O)CCC[C@]4(C)C3CCC21C. The summed E-state index contributed by atoms with van der Waals surface area (Å²) in [6.07, 6.45) is 13.4. The van der Waals surface area contributed by atoms with Gasteiger partial charge in [-0.3, -0.25) is 4.79 Å². The molecule has 1 N–H and O–H groups in total. The largest absolute Gasteiger partial charge is 0.390 e. The molecule has 148 valence electrons. The van der Waals surface area contributed by atoms with E-state index in [1.54, 1.807) is 0 Å². The number of aliphatic hydroxyl groups is 1. The van der Waals surface area contributed by atoms with E-state index >= 15 is 0 Å². The highest BCUT2D eigenvalue weighted by Crippen LogP contribution is 2.66. The Morgan fingerprint density at radius 2 is 1.58 bits per heavy atom. The molecule has 0 spiro atoms. The van der Waals surface area contributed by atoms with E-state index in [2.05, 4.69) is 20.8 Å². The minimum atomic E-state index is -0.455. The van der Waals surface area contributed by atoms with Crippen molar-refractivity contribution < 1.29 is 9.90 Å². The summed E-state index contributed by atoms with van der Waals surface area (Å²) in [5.41, 5.74) is 0.210. The van der Waals surface area contributed by atoms with E-state index in [4.69, 9.17) is 0 Å². The van der Waals surface area contributed by atoms with Gasteiger partial charge in [-0.15, -0.1) is 0 Å². The lowest BCUT2D eigenvalue weighted by molar-refractivity contribution is -0.151. The highest BCUT2D eigenvalue weighted by molar-refractivity contribution is 5.79. The van der Waals surface area contributed by atoms with Crippen molar-refractivity contribution in [3.8, 4) is 0 Å². The second kappa shape index (κ2) is 6.33. The van der Waals surface area contributed by atoms with Crippen molar-refractivity contribution in [2.24, 2.45) is 40.4 Å². The van der Waals surface area contributed by atoms with Gasteiger partial charge in [-0.1, -0.05) is 26.7 Å². The van der Waals surface area contributed by atoms with Crippen LogP contribution in [-0.2, 0) is 4.79 Å². The second-order valence-corrected chi connectivity index (χ2v) is 11.4. The maximum atomic E-state index is 12.4. The summed E-state index contributed by atoms with van der Waals surface area (Å²) in [6, 6.07) is 0. The van der Waals surface area contributed by atoms with E-state index in [9.17, 15) is 9.90 Å². The van der Waals surface area contributed by atoms with E-state index in [0.29, 0.717) is 23.0 Å². The Morgan fingerprint density at radius 3 is 2.31 bits per heavy atom. The molecule has 4 fully saturated rings. The standard InChI is InChI=1S/C24H40O2/c1-16(25)19-7-5-8-20-18-10-9-17-15-22(2,26)12-6-13-23(17,3)21(18)11-14-24(19,20)4/h17-21,26H,5-15H2,1-4H3/t17?,18?,19-,20?,21?,22?,23+,24?/m1/s1. The fourth-order valence-corrected chi connectivity index (χ4v) is 8.61. The van der Waals surface area contributed by atoms with Crippen LogP contribution >= 0.6 is 0 Å². The lowest BCUT2D eigenvalue weighted by Gasteiger charge is -2.62. The number of carbonyl (C=O) groups is 1. The first-order valence-corrected chi connectivity index (χ1v) is 11.4. The summed E-state index contributed by atoms with van der Waals surface area (Å²) in [5, 5.41) is 10.8. The first-order chi connectivity index (χ1) is 12.2. The van der Waals surface area contributed by atoms with Gasteiger partial charge < -0.3 is 5.11 Å². The van der Waals surface area contributed by atoms with Crippen molar-refractivity contribution in [2.75, 3.05) is 0 Å². The van der Waals surface area contributed by atoms with Gasteiger partial charge in [0.2, 0.25) is 0 Å². The molecular weight excluding hydrogens is 320 g/mol. The highest BCUT2D eigenvalue weighted by atomic mass is 16.3. The smallest absolute Gasteiger partial charge is 0.133 e. The number of ketones is 1. The van der Waals surface area contributed by atoms with Gasteiger partial charge in [0.15, 0.2) is 0 Å². The van der Waals surface area contributed by atoms with Crippen molar-refractivity contribution in [3.05, 3.63) is 0 Å². The van der Waals surface area contributed by atoms with Crippen LogP contribution in [-0.4, -0.2) is 16.5 Å². The summed E-state index contributed by atoms with van der Waals surface area (Å²) in [6.45, 7) is 8.95. The number of hydrogen-bond acceptors (Lipinski definition) is 2. The molecule has 0 saturated heterocycles. The van der Waals surface area contributed by atoms with Crippen LogP contribution in [0.4, 0.5) is 0 Å². The zero-order valence-corrected chi connectivity index (χ0v) is 17.5. The quantitative estimate of drug-likeness (QED) is 0.645. The summed E-state index contributed by atoms with van der Waals surface area (Å²) in [7, 11) is 0. The molecule has 0 aromatic carbocycles. The Morgan fingerprint density at radius 1 is 0.846 bits per heavy atom. The third-order valence-electron chi connectivity index (χ3n) is 9.91. The van der Waals surface area contributed by atoms with Crippen LogP contribution in [0, 0.1) is 40.4 Å². The van der Waals surface area contributed by atoms with Crippen LogP contribution in [0.1, 0.15) is 98.3 Å². The summed E-state index contributed by atoms with van der Waals surface area (Å²) in [5.74, 6) is 3.84. The number of rotatable bonds is 1. The third kappa shape index (κ3) is 2.81. The average Bonchev–Trinajstić information content (AvgIpc) is 2.67. The second-order valence-electron chi connectivity index (χ2n) is 11.4. The molecular formula is C24H40O2. The van der Waals surface area contributed by atoms with Gasteiger partial charge >= 0.3 is 0 Å². The van der Waals surface area contributed by atoms with Crippen molar-refractivity contribution in [2.45, 2.75) is 104 Å². The van der Waals surface area contributed by atoms with Gasteiger partial charge in [0, 0.05) is 5.92 Å². The lowest BCUT2D eigenvalue weighted by atomic mass is 9.42. The van der Waals surface area contributed by atoms with E-state index in [1.807, 2.05) is 6.92 Å². The molecule has 26 heavy (non-hydrogen) atoms. The van der Waals surface area contributed by atoms with Crippen molar-refractivity contribution in [1.82, 2.24) is 0 Å². The molecule has 4 aliphatic carbocycles. The van der Waals surface area contributed by atoms with Crippen molar-refractivity contribution in [3.63, 3.8) is 0 Å². The monoisotopic (exact) mass is 360 g/mol. The summed E-state index contributed by atoms with van der Waals surface area (Å²) < 4.78 is 0. The molecule has 4 aliphatic rings. The predicted molar refractivity (Wildman–Crippen MR) is 106 cm³/mol. The average molecular weight is 361 g/mol.